The first kappa shape index (κ1) is 16.0. The average Bonchev–Trinajstić information content (AvgIpc) is 2.94. The van der Waals surface area contributed by atoms with E-state index in [0.29, 0.717) is 20.9 Å². The van der Waals surface area contributed by atoms with Gasteiger partial charge in [0.25, 0.3) is 5.91 Å². The highest BCUT2D eigenvalue weighted by atomic mass is 32.1. The number of fused-ring (bicyclic) bond motifs is 4. The van der Waals surface area contributed by atoms with E-state index in [2.05, 4.69) is 24.1 Å². The van der Waals surface area contributed by atoms with Crippen molar-refractivity contribution in [2.45, 2.75) is 38.3 Å². The predicted molar refractivity (Wildman–Crippen MR) is 91.4 cm³/mol. The molecule has 5 rings (SSSR count). The van der Waals surface area contributed by atoms with Crippen LogP contribution in [0.2, 0.25) is 0 Å². The number of piperidine rings is 3. The normalized spacial score (nSPS) is 28.2. The van der Waals surface area contributed by atoms with Crippen LogP contribution < -0.4 is 5.32 Å². The van der Waals surface area contributed by atoms with E-state index in [1.807, 2.05) is 0 Å². The van der Waals surface area contributed by atoms with Crippen LogP contribution in [-0.2, 0) is 0 Å². The minimum absolute atomic E-state index is 0.0638. The van der Waals surface area contributed by atoms with Crippen LogP contribution in [-0.4, -0.2) is 35.5 Å². The van der Waals surface area contributed by atoms with Crippen molar-refractivity contribution in [1.29, 1.82) is 0 Å². The number of amides is 1. The van der Waals surface area contributed by atoms with Crippen molar-refractivity contribution in [3.05, 3.63) is 34.7 Å². The Bertz CT molecular complexity index is 770. The Morgan fingerprint density at radius 2 is 1.88 bits per heavy atom. The fourth-order valence-electron chi connectivity index (χ4n) is 4.24. The Morgan fingerprint density at radius 1 is 1.21 bits per heavy atom. The lowest BCUT2D eigenvalue weighted by atomic mass is 9.72. The summed E-state index contributed by atoms with van der Waals surface area (Å²) in [4.78, 5) is 15.6. The lowest BCUT2D eigenvalue weighted by Gasteiger charge is -2.56. The highest BCUT2D eigenvalue weighted by Crippen LogP contribution is 2.39. The van der Waals surface area contributed by atoms with Crippen molar-refractivity contribution in [3.63, 3.8) is 0 Å². The zero-order valence-electron chi connectivity index (χ0n) is 13.7. The molecule has 128 valence electrons. The topological polar surface area (TPSA) is 32.3 Å². The van der Waals surface area contributed by atoms with Gasteiger partial charge in [-0.3, -0.25) is 9.69 Å². The van der Waals surface area contributed by atoms with Gasteiger partial charge in [0.1, 0.15) is 0 Å². The molecule has 3 aliphatic heterocycles. The second-order valence-corrected chi connectivity index (χ2v) is 8.43. The van der Waals surface area contributed by atoms with Crippen molar-refractivity contribution < 1.29 is 13.6 Å². The molecule has 0 aliphatic carbocycles. The van der Waals surface area contributed by atoms with E-state index < -0.39 is 11.6 Å². The first-order valence-electron chi connectivity index (χ1n) is 8.31. The highest BCUT2D eigenvalue weighted by Gasteiger charge is 2.48. The molecular weight excluding hydrogens is 330 g/mol. The number of nitrogens with one attached hydrogen (secondary N) is 1. The highest BCUT2D eigenvalue weighted by molar-refractivity contribution is 7.20. The Kier molecular flexibility index (Phi) is 3.65. The Labute approximate surface area is 143 Å². The van der Waals surface area contributed by atoms with Crippen LogP contribution in [0.4, 0.5) is 8.78 Å². The third kappa shape index (κ3) is 2.43. The largest absolute Gasteiger partial charge is 0.346 e. The molecule has 3 aliphatic rings. The maximum atomic E-state index is 13.4. The summed E-state index contributed by atoms with van der Waals surface area (Å²) in [6, 6.07) is 4.05. The molecule has 24 heavy (non-hydrogen) atoms. The molecule has 3 saturated heterocycles. The zero-order chi connectivity index (χ0) is 17.1. The van der Waals surface area contributed by atoms with Gasteiger partial charge in [0.05, 0.1) is 4.88 Å². The van der Waals surface area contributed by atoms with Crippen LogP contribution in [0.25, 0.3) is 10.1 Å². The number of halogens is 2. The van der Waals surface area contributed by atoms with E-state index in [-0.39, 0.29) is 17.5 Å². The molecule has 1 unspecified atom stereocenters. The van der Waals surface area contributed by atoms with Gasteiger partial charge in [0.15, 0.2) is 11.6 Å². The van der Waals surface area contributed by atoms with Gasteiger partial charge in [-0.05, 0) is 69.3 Å². The monoisotopic (exact) mass is 350 g/mol. The average molecular weight is 350 g/mol. The van der Waals surface area contributed by atoms with E-state index in [4.69, 9.17) is 0 Å². The van der Waals surface area contributed by atoms with E-state index in [0.717, 1.165) is 38.1 Å². The first-order chi connectivity index (χ1) is 11.4. The lowest BCUT2D eigenvalue weighted by Crippen LogP contribution is -2.69. The van der Waals surface area contributed by atoms with Crippen molar-refractivity contribution in [2.24, 2.45) is 5.92 Å². The van der Waals surface area contributed by atoms with Gasteiger partial charge < -0.3 is 5.32 Å². The van der Waals surface area contributed by atoms with E-state index >= 15 is 0 Å². The second-order valence-electron chi connectivity index (χ2n) is 7.34. The summed E-state index contributed by atoms with van der Waals surface area (Å²) in [5, 5.41) is 3.76. The van der Waals surface area contributed by atoms with E-state index in [1.165, 1.54) is 11.3 Å². The van der Waals surface area contributed by atoms with Gasteiger partial charge in [-0.25, -0.2) is 8.78 Å². The van der Waals surface area contributed by atoms with Crippen LogP contribution in [0.5, 0.6) is 0 Å². The summed E-state index contributed by atoms with van der Waals surface area (Å²) in [5.74, 6) is -1.41. The Morgan fingerprint density at radius 3 is 2.54 bits per heavy atom. The third-order valence-electron chi connectivity index (χ3n) is 5.66. The molecule has 1 aromatic heterocycles. The van der Waals surface area contributed by atoms with Crippen LogP contribution in [0.15, 0.2) is 18.2 Å². The number of thiophene rings is 1. The number of hydrogen-bond donors (Lipinski definition) is 1. The van der Waals surface area contributed by atoms with E-state index in [9.17, 15) is 13.6 Å². The number of nitrogens with zero attached hydrogens (tertiary/aromatic N) is 1. The van der Waals surface area contributed by atoms with Crippen molar-refractivity contribution in [1.82, 2.24) is 10.2 Å². The molecule has 0 radical (unpaired) electrons. The Hall–Kier alpha value is -1.53. The first-order valence-corrected chi connectivity index (χ1v) is 9.12. The number of carbonyl (C=O) groups is 1. The SMILES string of the molecule is CC1(C)C(NC(=O)c2cc3cc(F)c(F)cc3s2)C2CCN1CC2. The van der Waals surface area contributed by atoms with Gasteiger partial charge in [0.2, 0.25) is 0 Å². The molecular formula is C18H20F2N2OS. The maximum absolute atomic E-state index is 13.4. The molecule has 1 amide bonds. The molecule has 4 heterocycles. The summed E-state index contributed by atoms with van der Waals surface area (Å²) in [7, 11) is 0. The summed E-state index contributed by atoms with van der Waals surface area (Å²) >= 11 is 1.20. The van der Waals surface area contributed by atoms with Crippen molar-refractivity contribution in [2.75, 3.05) is 13.1 Å². The molecule has 0 saturated carbocycles. The fourth-order valence-corrected chi connectivity index (χ4v) is 5.21. The fraction of sp³-hybridized carbons (Fsp3) is 0.500. The molecule has 2 aromatic rings. The summed E-state index contributed by atoms with van der Waals surface area (Å²) < 4.78 is 27.3. The number of rotatable bonds is 2. The van der Waals surface area contributed by atoms with Crippen LogP contribution >= 0.6 is 11.3 Å². The van der Waals surface area contributed by atoms with Crippen molar-refractivity contribution in [3.8, 4) is 0 Å². The maximum Gasteiger partial charge on any atom is 0.261 e. The zero-order valence-corrected chi connectivity index (χ0v) is 14.6. The number of benzene rings is 1. The third-order valence-corrected chi connectivity index (χ3v) is 6.75. The number of carbonyl (C=O) groups excluding carboxylic acids is 1. The summed E-state index contributed by atoms with van der Waals surface area (Å²) in [6.45, 7) is 6.54. The minimum atomic E-state index is -0.884. The van der Waals surface area contributed by atoms with Crippen LogP contribution in [0.3, 0.4) is 0 Å². The molecule has 2 bridgehead atoms. The van der Waals surface area contributed by atoms with Gasteiger partial charge in [0, 0.05) is 16.3 Å². The molecule has 1 atom stereocenters. The summed E-state index contributed by atoms with van der Waals surface area (Å²) in [5.41, 5.74) is -0.0638. The van der Waals surface area contributed by atoms with E-state index in [1.54, 1.807) is 6.07 Å². The smallest absolute Gasteiger partial charge is 0.261 e. The predicted octanol–water partition coefficient (Wildman–Crippen LogP) is 3.78. The van der Waals surface area contributed by atoms with Gasteiger partial charge in [-0.2, -0.15) is 0 Å². The lowest BCUT2D eigenvalue weighted by molar-refractivity contribution is -0.0377. The number of hydrogen-bond acceptors (Lipinski definition) is 3. The van der Waals surface area contributed by atoms with Gasteiger partial charge in [-0.1, -0.05) is 0 Å². The standard InChI is InChI=1S/C18H20F2N2OS/c1-18(2)16(10-3-5-22(18)6-4-10)21-17(23)15-8-11-7-12(19)13(20)9-14(11)24-15/h7-10,16H,3-6H2,1-2H3,(H,21,23). The quantitative estimate of drug-likeness (QED) is 0.894. The van der Waals surface area contributed by atoms with Gasteiger partial charge >= 0.3 is 0 Å². The molecule has 3 nitrogen and oxygen atoms in total. The molecule has 1 aromatic carbocycles. The summed E-state index contributed by atoms with van der Waals surface area (Å²) in [6.07, 6.45) is 2.22. The molecule has 6 heteroatoms. The molecule has 1 N–H and O–H groups in total. The van der Waals surface area contributed by atoms with Crippen LogP contribution in [0, 0.1) is 17.6 Å². The Balaban J connectivity index is 1.60. The molecule has 3 fully saturated rings. The minimum Gasteiger partial charge on any atom is -0.346 e. The van der Waals surface area contributed by atoms with Crippen LogP contribution in [0.1, 0.15) is 36.4 Å². The van der Waals surface area contributed by atoms with Gasteiger partial charge in [-0.15, -0.1) is 11.3 Å². The van der Waals surface area contributed by atoms with Crippen molar-refractivity contribution >= 4 is 27.3 Å². The second kappa shape index (κ2) is 5.49. The molecule has 0 spiro atoms.